The van der Waals surface area contributed by atoms with Gasteiger partial charge in [-0.3, -0.25) is 14.4 Å². The molecule has 2 N–H and O–H groups in total. The lowest BCUT2D eigenvalue weighted by Gasteiger charge is -2.18. The Morgan fingerprint density at radius 1 is 0.524 bits per heavy atom. The van der Waals surface area contributed by atoms with Crippen molar-refractivity contribution in [2.45, 2.75) is 206 Å². The molecule has 0 rings (SSSR count). The van der Waals surface area contributed by atoms with Crippen molar-refractivity contribution in [3.8, 4) is 0 Å². The van der Waals surface area contributed by atoms with Crippen LogP contribution in [0.5, 0.6) is 0 Å². The van der Waals surface area contributed by atoms with Gasteiger partial charge in [-0.15, -0.1) is 0 Å². The van der Waals surface area contributed by atoms with Gasteiger partial charge in [-0.2, -0.15) is 0 Å². The van der Waals surface area contributed by atoms with Gasteiger partial charge in [-0.1, -0.05) is 149 Å². The Morgan fingerprint density at radius 3 is 1.29 bits per heavy atom. The number of nitrogens with one attached hydrogen (secondary N) is 1. The molecule has 0 heterocycles. The number of hydrogen-bond acceptors (Lipinski definition) is 4. The number of esters is 1. The highest BCUT2D eigenvalue weighted by Gasteiger charge is 2.14. The summed E-state index contributed by atoms with van der Waals surface area (Å²) < 4.78 is 5.92. The van der Waals surface area contributed by atoms with Crippen molar-refractivity contribution >= 4 is 17.8 Å². The van der Waals surface area contributed by atoms with Crippen molar-refractivity contribution < 1.29 is 24.2 Å². The van der Waals surface area contributed by atoms with Crippen LogP contribution in [0.4, 0.5) is 0 Å². The van der Waals surface area contributed by atoms with E-state index in [2.05, 4.69) is 19.2 Å². The third-order valence-corrected chi connectivity index (χ3v) is 8.28. The summed E-state index contributed by atoms with van der Waals surface area (Å²) in [5.74, 6) is -1.26. The summed E-state index contributed by atoms with van der Waals surface area (Å²) in [6, 6.07) is 0. The van der Waals surface area contributed by atoms with Crippen molar-refractivity contribution in [1.29, 1.82) is 0 Å². The molecule has 0 saturated heterocycles. The molecule has 0 aliphatic heterocycles. The number of carbonyl (C=O) groups is 3. The maximum Gasteiger partial charge on any atom is 0.322 e. The van der Waals surface area contributed by atoms with Crippen molar-refractivity contribution in [2.24, 2.45) is 0 Å². The standard InChI is InChI=1S/C36H69NO5/c1-3-5-7-9-10-11-12-13-14-15-16-17-18-19-21-27-31-36(41)42-33(28-24-20-8-6-4-2)29-25-22-23-26-30-34(38)37-32-35(39)40/h33H,3-32H2,1-2H3,(H,37,38)(H,39,40). The summed E-state index contributed by atoms with van der Waals surface area (Å²) >= 11 is 0. The molecule has 0 aliphatic carbocycles. The minimum absolute atomic E-state index is 0.0130. The summed E-state index contributed by atoms with van der Waals surface area (Å²) in [5.41, 5.74) is 0. The van der Waals surface area contributed by atoms with Crippen LogP contribution in [-0.2, 0) is 19.1 Å². The lowest BCUT2D eigenvalue weighted by molar-refractivity contribution is -0.150. The average Bonchev–Trinajstić information content (AvgIpc) is 2.97. The Hall–Kier alpha value is -1.59. The number of hydrogen-bond donors (Lipinski definition) is 2. The Bertz CT molecular complexity index is 624. The zero-order valence-corrected chi connectivity index (χ0v) is 27.9. The molecule has 0 aromatic carbocycles. The van der Waals surface area contributed by atoms with Crippen molar-refractivity contribution in [3.05, 3.63) is 0 Å². The van der Waals surface area contributed by atoms with Gasteiger partial charge in [0.05, 0.1) is 0 Å². The Labute approximate surface area is 259 Å². The van der Waals surface area contributed by atoms with E-state index in [9.17, 15) is 14.4 Å². The van der Waals surface area contributed by atoms with Crippen LogP contribution >= 0.6 is 0 Å². The molecule has 0 aromatic rings. The molecule has 1 atom stereocenters. The second kappa shape index (κ2) is 32.3. The highest BCUT2D eigenvalue weighted by atomic mass is 16.5. The Morgan fingerprint density at radius 2 is 0.881 bits per heavy atom. The van der Waals surface area contributed by atoms with Gasteiger partial charge in [0.1, 0.15) is 12.6 Å². The summed E-state index contributed by atoms with van der Waals surface area (Å²) in [7, 11) is 0. The highest BCUT2D eigenvalue weighted by Crippen LogP contribution is 2.18. The van der Waals surface area contributed by atoms with Crippen LogP contribution in [0.15, 0.2) is 0 Å². The fraction of sp³-hybridized carbons (Fsp3) is 0.917. The summed E-state index contributed by atoms with van der Waals surface area (Å²) in [6.07, 6.45) is 33.8. The first-order valence-electron chi connectivity index (χ1n) is 18.2. The van der Waals surface area contributed by atoms with Crippen LogP contribution in [0.3, 0.4) is 0 Å². The van der Waals surface area contributed by atoms with E-state index in [0.717, 1.165) is 57.8 Å². The molecule has 6 nitrogen and oxygen atoms in total. The molecular formula is C36H69NO5. The maximum atomic E-state index is 12.5. The fourth-order valence-electron chi connectivity index (χ4n) is 5.57. The highest BCUT2D eigenvalue weighted by molar-refractivity contribution is 5.80. The molecule has 0 radical (unpaired) electrons. The predicted octanol–water partition coefficient (Wildman–Crippen LogP) is 10.5. The molecule has 0 fully saturated rings. The summed E-state index contributed by atoms with van der Waals surface area (Å²) in [4.78, 5) is 34.7. The van der Waals surface area contributed by atoms with Crippen LogP contribution < -0.4 is 5.32 Å². The number of unbranched alkanes of at least 4 members (excludes halogenated alkanes) is 22. The molecule has 42 heavy (non-hydrogen) atoms. The van der Waals surface area contributed by atoms with Crippen molar-refractivity contribution in [1.82, 2.24) is 5.32 Å². The molecule has 0 saturated carbocycles. The van der Waals surface area contributed by atoms with E-state index >= 15 is 0 Å². The zero-order chi connectivity index (χ0) is 30.9. The normalized spacial score (nSPS) is 11.9. The van der Waals surface area contributed by atoms with E-state index < -0.39 is 5.97 Å². The number of rotatable bonds is 33. The largest absolute Gasteiger partial charge is 0.480 e. The SMILES string of the molecule is CCCCCCCCCCCCCCCCCCC(=O)OC(CCCCCCC)CCCCCCC(=O)NCC(=O)O. The Kier molecular flexibility index (Phi) is 31.1. The van der Waals surface area contributed by atoms with E-state index in [-0.39, 0.29) is 24.5 Å². The number of ether oxygens (including phenoxy) is 1. The van der Waals surface area contributed by atoms with E-state index in [1.807, 2.05) is 0 Å². The van der Waals surface area contributed by atoms with E-state index in [0.29, 0.717) is 12.8 Å². The van der Waals surface area contributed by atoms with Crippen LogP contribution in [0.1, 0.15) is 200 Å². The Balaban J connectivity index is 3.88. The van der Waals surface area contributed by atoms with Gasteiger partial charge < -0.3 is 15.2 Å². The van der Waals surface area contributed by atoms with E-state index in [1.165, 1.54) is 116 Å². The quantitative estimate of drug-likeness (QED) is 0.0581. The average molecular weight is 596 g/mol. The van der Waals surface area contributed by atoms with Gasteiger partial charge in [-0.25, -0.2) is 0 Å². The molecular weight excluding hydrogens is 526 g/mol. The lowest BCUT2D eigenvalue weighted by atomic mass is 10.0. The topological polar surface area (TPSA) is 92.7 Å². The van der Waals surface area contributed by atoms with Crippen molar-refractivity contribution in [2.75, 3.05) is 6.54 Å². The molecule has 0 spiro atoms. The summed E-state index contributed by atoms with van der Waals surface area (Å²) in [6.45, 7) is 4.18. The first-order valence-corrected chi connectivity index (χ1v) is 18.2. The first kappa shape index (κ1) is 40.4. The van der Waals surface area contributed by atoms with Gasteiger partial charge >= 0.3 is 11.9 Å². The van der Waals surface area contributed by atoms with E-state index in [1.54, 1.807) is 0 Å². The van der Waals surface area contributed by atoms with Gasteiger partial charge in [-0.05, 0) is 38.5 Å². The fourth-order valence-corrected chi connectivity index (χ4v) is 5.57. The zero-order valence-electron chi connectivity index (χ0n) is 27.9. The first-order chi connectivity index (χ1) is 20.5. The molecule has 0 aromatic heterocycles. The van der Waals surface area contributed by atoms with Gasteiger partial charge in [0, 0.05) is 12.8 Å². The predicted molar refractivity (Wildman–Crippen MR) is 176 cm³/mol. The third-order valence-electron chi connectivity index (χ3n) is 8.28. The van der Waals surface area contributed by atoms with Gasteiger partial charge in [0.2, 0.25) is 5.91 Å². The minimum Gasteiger partial charge on any atom is -0.480 e. The molecule has 6 heteroatoms. The number of aliphatic carboxylic acids is 1. The van der Waals surface area contributed by atoms with Crippen LogP contribution in [-0.4, -0.2) is 35.6 Å². The van der Waals surface area contributed by atoms with E-state index in [4.69, 9.17) is 9.84 Å². The number of carbonyl (C=O) groups excluding carboxylic acids is 2. The van der Waals surface area contributed by atoms with Crippen LogP contribution in [0, 0.1) is 0 Å². The second-order valence-electron chi connectivity index (χ2n) is 12.5. The molecule has 0 bridgehead atoms. The van der Waals surface area contributed by atoms with Crippen molar-refractivity contribution in [3.63, 3.8) is 0 Å². The number of amides is 1. The molecule has 248 valence electrons. The van der Waals surface area contributed by atoms with Gasteiger partial charge in [0.25, 0.3) is 0 Å². The number of carboxylic acids is 1. The number of carboxylic acid groups (broad SMARTS) is 1. The second-order valence-corrected chi connectivity index (χ2v) is 12.5. The van der Waals surface area contributed by atoms with Crippen LogP contribution in [0.25, 0.3) is 0 Å². The maximum absolute atomic E-state index is 12.5. The third kappa shape index (κ3) is 31.3. The smallest absolute Gasteiger partial charge is 0.322 e. The molecule has 1 unspecified atom stereocenters. The summed E-state index contributed by atoms with van der Waals surface area (Å²) in [5, 5.41) is 11.0. The lowest BCUT2D eigenvalue weighted by Crippen LogP contribution is -2.28. The monoisotopic (exact) mass is 596 g/mol. The van der Waals surface area contributed by atoms with Crippen LogP contribution in [0.2, 0.25) is 0 Å². The molecule has 0 aliphatic rings. The van der Waals surface area contributed by atoms with Gasteiger partial charge in [0.15, 0.2) is 0 Å². The molecule has 1 amide bonds. The minimum atomic E-state index is -1.02.